The van der Waals surface area contributed by atoms with Gasteiger partial charge in [0.15, 0.2) is 0 Å². The molecule has 0 aliphatic heterocycles. The molecule has 10 heteroatoms. The van der Waals surface area contributed by atoms with Gasteiger partial charge in [-0.25, -0.2) is 10.4 Å². The fourth-order valence-corrected chi connectivity index (χ4v) is 7.11. The van der Waals surface area contributed by atoms with Crippen LogP contribution in [0.3, 0.4) is 0 Å². The fraction of sp³-hybridized carbons (Fsp3) is 0.737. The van der Waals surface area contributed by atoms with Crippen molar-refractivity contribution in [3.05, 3.63) is 54.8 Å². The van der Waals surface area contributed by atoms with Gasteiger partial charge in [-0.2, -0.15) is 11.8 Å². The van der Waals surface area contributed by atoms with E-state index in [0.717, 1.165) is 47.9 Å². The van der Waals surface area contributed by atoms with Crippen molar-refractivity contribution in [2.75, 3.05) is 18.1 Å². The van der Waals surface area contributed by atoms with Gasteiger partial charge in [-0.1, -0.05) is 131 Å². The van der Waals surface area contributed by atoms with Crippen molar-refractivity contribution >= 4 is 27.1 Å². The third-order valence-electron chi connectivity index (χ3n) is 8.45. The van der Waals surface area contributed by atoms with Crippen molar-refractivity contribution in [3.8, 4) is 0 Å². The zero-order valence-electron chi connectivity index (χ0n) is 31.3. The Hall–Kier alpha value is -1.64. The first-order valence-electron chi connectivity index (χ1n) is 18.8. The third-order valence-corrected chi connectivity index (χ3v) is 9.95. The van der Waals surface area contributed by atoms with Gasteiger partial charge >= 0.3 is 0 Å². The predicted octanol–water partition coefficient (Wildman–Crippen LogP) is 8.66. The van der Waals surface area contributed by atoms with Crippen molar-refractivity contribution in [1.82, 2.24) is 31.2 Å². The molecular weight excluding hydrogens is 634 g/mol. The maximum Gasteiger partial charge on any atom is 0.236 e. The molecule has 0 radical (unpaired) electrons. The Kier molecular flexibility index (Phi) is 31.4. The molecule has 1 amide bonds. The number of hydrazine groups is 1. The van der Waals surface area contributed by atoms with Gasteiger partial charge in [0.2, 0.25) is 5.91 Å². The van der Waals surface area contributed by atoms with E-state index < -0.39 is 6.04 Å². The summed E-state index contributed by atoms with van der Waals surface area (Å²) in [6.07, 6.45) is 26.3. The van der Waals surface area contributed by atoms with Crippen LogP contribution in [0.25, 0.3) is 0 Å². The molecule has 1 rings (SSSR count). The van der Waals surface area contributed by atoms with Gasteiger partial charge in [-0.05, 0) is 51.8 Å². The molecule has 0 bridgehead atoms. The number of aromatic nitrogens is 2. The number of hydrogen-bond donors (Lipinski definition) is 6. The monoisotopic (exact) mass is 708 g/mol. The molecule has 4 atom stereocenters. The van der Waals surface area contributed by atoms with E-state index in [1.807, 2.05) is 27.0 Å². The number of nitrogens with zero attached hydrogens (tertiary/aromatic N) is 1. The van der Waals surface area contributed by atoms with Crippen molar-refractivity contribution in [1.29, 1.82) is 0 Å². The van der Waals surface area contributed by atoms with Crippen LogP contribution in [-0.4, -0.2) is 52.1 Å². The minimum absolute atomic E-state index is 0.0122. The van der Waals surface area contributed by atoms with Crippen molar-refractivity contribution < 1.29 is 4.79 Å². The maximum absolute atomic E-state index is 12.1. The van der Waals surface area contributed by atoms with Crippen LogP contribution in [0, 0.1) is 0 Å². The molecule has 4 unspecified atom stereocenters. The normalized spacial score (nSPS) is 12.9. The predicted molar refractivity (Wildman–Crippen MR) is 216 cm³/mol. The number of H-pyrrole nitrogens is 1. The first-order chi connectivity index (χ1) is 23.2. The smallest absolute Gasteiger partial charge is 0.236 e. The van der Waals surface area contributed by atoms with Crippen LogP contribution in [0.15, 0.2) is 49.1 Å². The number of primary amides is 1. The summed E-state index contributed by atoms with van der Waals surface area (Å²) in [6, 6.07) is -0.276. The Morgan fingerprint density at radius 3 is 1.88 bits per heavy atom. The van der Waals surface area contributed by atoms with Crippen LogP contribution < -0.4 is 27.0 Å². The molecule has 0 fully saturated rings. The summed E-state index contributed by atoms with van der Waals surface area (Å²) in [6.45, 7) is 21.3. The summed E-state index contributed by atoms with van der Waals surface area (Å²) in [5.41, 5.74) is 16.2. The second-order valence-electron chi connectivity index (χ2n) is 13.0. The van der Waals surface area contributed by atoms with E-state index >= 15 is 0 Å². The van der Waals surface area contributed by atoms with Crippen LogP contribution in [0.1, 0.15) is 143 Å². The van der Waals surface area contributed by atoms with Crippen LogP contribution in [0.4, 0.5) is 0 Å². The number of carbonyl (C=O) groups is 1. The first kappa shape index (κ1) is 46.4. The highest BCUT2D eigenvalue weighted by Gasteiger charge is 2.19. The third kappa shape index (κ3) is 26.3. The summed E-state index contributed by atoms with van der Waals surface area (Å²) in [4.78, 5) is 19.5. The number of unbranched alkanes of at least 4 members (excludes halogenated alkanes) is 14. The first-order valence-corrected chi connectivity index (χ1v) is 20.5. The number of aromatic amines is 1. The minimum Gasteiger partial charge on any atom is -0.368 e. The molecule has 1 heterocycles. The molecule has 0 spiro atoms. The van der Waals surface area contributed by atoms with Gasteiger partial charge in [0.25, 0.3) is 0 Å². The van der Waals surface area contributed by atoms with Crippen molar-refractivity contribution in [3.63, 3.8) is 0 Å². The van der Waals surface area contributed by atoms with E-state index in [9.17, 15) is 4.79 Å². The second kappa shape index (κ2) is 32.6. The highest BCUT2D eigenvalue weighted by Crippen LogP contribution is 2.15. The number of nitrogens with one attached hydrogen (secondary N) is 5. The number of thioether (sulfide) groups is 1. The highest BCUT2D eigenvalue weighted by atomic mass is 32.2. The minimum atomic E-state index is -0.490. The van der Waals surface area contributed by atoms with Gasteiger partial charge in [-0.15, -0.1) is 6.58 Å². The van der Waals surface area contributed by atoms with E-state index in [4.69, 9.17) is 5.73 Å². The molecule has 0 aromatic carbocycles. The van der Waals surface area contributed by atoms with Crippen LogP contribution in [-0.2, 0) is 11.2 Å². The van der Waals surface area contributed by atoms with E-state index in [2.05, 4.69) is 67.3 Å². The van der Waals surface area contributed by atoms with Crippen LogP contribution in [0.2, 0.25) is 0 Å². The number of imidazole rings is 1. The quantitative estimate of drug-likeness (QED) is 0.0187. The molecule has 48 heavy (non-hydrogen) atoms. The summed E-state index contributed by atoms with van der Waals surface area (Å²) in [7, 11) is 2.55. The molecule has 0 aliphatic rings. The zero-order valence-corrected chi connectivity index (χ0v) is 33.2. The fourth-order valence-electron chi connectivity index (χ4n) is 5.35. The largest absolute Gasteiger partial charge is 0.368 e. The number of hydrogen-bond acceptors (Lipinski definition) is 7. The maximum atomic E-state index is 12.1. The van der Waals surface area contributed by atoms with E-state index in [1.165, 1.54) is 102 Å². The number of nitrogens with two attached hydrogens (primary N) is 1. The molecule has 1 aromatic heterocycles. The lowest BCUT2D eigenvalue weighted by atomic mass is 10.0. The average molecular weight is 708 g/mol. The van der Waals surface area contributed by atoms with E-state index in [-0.39, 0.29) is 18.0 Å². The number of rotatable bonds is 33. The molecule has 1 aromatic rings. The number of allylic oxidation sites excluding steroid dienone is 1. The average Bonchev–Trinajstić information content (AvgIpc) is 3.58. The molecule has 0 saturated heterocycles. The Morgan fingerprint density at radius 2 is 1.42 bits per heavy atom. The van der Waals surface area contributed by atoms with Crippen LogP contribution >= 0.6 is 21.2 Å². The Bertz CT molecular complexity index is 943. The lowest BCUT2D eigenvalue weighted by Crippen LogP contribution is -2.51. The van der Waals surface area contributed by atoms with Gasteiger partial charge in [0.1, 0.15) is 6.04 Å². The van der Waals surface area contributed by atoms with Gasteiger partial charge in [0, 0.05) is 35.8 Å². The summed E-state index contributed by atoms with van der Waals surface area (Å²) >= 11 is 1.77. The SMILES string of the molecule is C=C(C)CCCCCCCCCCCCCCCCCNC(Cc1cnc[nH]1)C(=C)NNC(CCSCC(NP)C(=C)C)C(N)=O.CC. The summed E-state index contributed by atoms with van der Waals surface area (Å²) < 4.78 is 0. The topological polar surface area (TPSA) is 120 Å². The molecular formula is C38H74N7OPS. The summed E-state index contributed by atoms with van der Waals surface area (Å²) in [5.74, 6) is 1.31. The van der Waals surface area contributed by atoms with Gasteiger partial charge < -0.3 is 21.5 Å². The van der Waals surface area contributed by atoms with Gasteiger partial charge in [-0.3, -0.25) is 9.88 Å². The van der Waals surface area contributed by atoms with Crippen LogP contribution in [0.5, 0.6) is 0 Å². The lowest BCUT2D eigenvalue weighted by molar-refractivity contribution is -0.120. The Morgan fingerprint density at radius 1 is 0.875 bits per heavy atom. The Labute approximate surface area is 302 Å². The second-order valence-corrected chi connectivity index (χ2v) is 14.5. The van der Waals surface area contributed by atoms with E-state index in [1.54, 1.807) is 18.1 Å². The Balaban J connectivity index is 0.0000108. The van der Waals surface area contributed by atoms with Gasteiger partial charge in [0.05, 0.1) is 12.4 Å². The number of amides is 1. The summed E-state index contributed by atoms with van der Waals surface area (Å²) in [5, 5.41) is 6.84. The van der Waals surface area contributed by atoms with E-state index in [0.29, 0.717) is 6.42 Å². The molecule has 0 saturated carbocycles. The zero-order chi connectivity index (χ0) is 35.8. The van der Waals surface area contributed by atoms with Crippen molar-refractivity contribution in [2.45, 2.75) is 161 Å². The molecule has 7 N–H and O–H groups in total. The molecule has 0 aliphatic carbocycles. The molecule has 278 valence electrons. The molecule has 8 nitrogen and oxygen atoms in total. The lowest BCUT2D eigenvalue weighted by Gasteiger charge is -2.25. The number of carbonyl (C=O) groups excluding carboxylic acids is 1. The van der Waals surface area contributed by atoms with Crippen molar-refractivity contribution in [2.24, 2.45) is 5.73 Å². The highest BCUT2D eigenvalue weighted by molar-refractivity contribution is 7.99. The standard InChI is InChI=1S/C36H68N7OPS.C2H6/c1-29(2)21-19-17-15-13-11-9-7-6-8-10-12-14-16-18-20-23-39-34(25-32-26-38-28-40-32)31(5)41-42-33(36(37)44)22-24-46-27-35(43-45)30(3)4;1-2/h26,28,33-35,39,41-43H,1,3,5-25,27,45H2,2,4H3,(H2,37,44)(H,38,40);1-2H3.